The lowest BCUT2D eigenvalue weighted by atomic mass is 10.1. The van der Waals surface area contributed by atoms with Gasteiger partial charge in [-0.05, 0) is 52.2 Å². The van der Waals surface area contributed by atoms with E-state index >= 15 is 0 Å². The topological polar surface area (TPSA) is 23.6 Å². The number of carbonyl (C=O) groups is 1. The Labute approximate surface area is 114 Å². The molecule has 0 bridgehead atoms. The summed E-state index contributed by atoms with van der Waals surface area (Å²) in [6, 6.07) is 5.59. The van der Waals surface area contributed by atoms with Gasteiger partial charge in [0.05, 0.1) is 5.02 Å². The molecule has 3 nitrogen and oxygen atoms in total. The monoisotopic (exact) mass is 268 g/mol. The van der Waals surface area contributed by atoms with Crippen molar-refractivity contribution in [3.63, 3.8) is 0 Å². The Bertz CT molecular complexity index is 418. The molecule has 0 aliphatic rings. The second kappa shape index (κ2) is 6.76. The van der Waals surface area contributed by atoms with Crippen molar-refractivity contribution in [3.05, 3.63) is 28.8 Å². The SMILES string of the molecule is CC(=O)c1ccc(N(C)CCCN(C)C)cc1Cl. The molecule has 0 atom stereocenters. The number of anilines is 1. The summed E-state index contributed by atoms with van der Waals surface area (Å²) in [5, 5.41) is 0.527. The molecule has 0 spiro atoms. The number of carbonyl (C=O) groups excluding carboxylic acids is 1. The quantitative estimate of drug-likeness (QED) is 0.741. The largest absolute Gasteiger partial charge is 0.375 e. The van der Waals surface area contributed by atoms with Crippen LogP contribution in [0.25, 0.3) is 0 Å². The molecule has 0 saturated heterocycles. The van der Waals surface area contributed by atoms with Crippen LogP contribution in [-0.4, -0.2) is 44.9 Å². The molecule has 18 heavy (non-hydrogen) atoms. The van der Waals surface area contributed by atoms with E-state index in [0.29, 0.717) is 10.6 Å². The third-order valence-electron chi connectivity index (χ3n) is 2.87. The molecule has 0 amide bonds. The summed E-state index contributed by atoms with van der Waals surface area (Å²) in [4.78, 5) is 15.6. The van der Waals surface area contributed by atoms with Gasteiger partial charge >= 0.3 is 0 Å². The van der Waals surface area contributed by atoms with Crippen LogP contribution in [0, 0.1) is 0 Å². The number of rotatable bonds is 6. The molecule has 0 saturated carbocycles. The molecule has 0 N–H and O–H groups in total. The van der Waals surface area contributed by atoms with Gasteiger partial charge in [-0.15, -0.1) is 0 Å². The highest BCUT2D eigenvalue weighted by Crippen LogP contribution is 2.23. The maximum atomic E-state index is 11.3. The Morgan fingerprint density at radius 1 is 1.22 bits per heavy atom. The Morgan fingerprint density at radius 3 is 2.39 bits per heavy atom. The van der Waals surface area contributed by atoms with E-state index in [0.717, 1.165) is 25.2 Å². The summed E-state index contributed by atoms with van der Waals surface area (Å²) in [5.74, 6) is 0.00168. The van der Waals surface area contributed by atoms with Crippen LogP contribution in [-0.2, 0) is 0 Å². The zero-order chi connectivity index (χ0) is 13.7. The fraction of sp³-hybridized carbons (Fsp3) is 0.500. The van der Waals surface area contributed by atoms with Crippen LogP contribution >= 0.6 is 11.6 Å². The predicted molar refractivity (Wildman–Crippen MR) is 77.9 cm³/mol. The van der Waals surface area contributed by atoms with Crippen molar-refractivity contribution in [1.29, 1.82) is 0 Å². The van der Waals surface area contributed by atoms with Crippen molar-refractivity contribution in [2.24, 2.45) is 0 Å². The molecule has 1 rings (SSSR count). The van der Waals surface area contributed by atoms with E-state index in [1.807, 2.05) is 19.2 Å². The van der Waals surface area contributed by atoms with Crippen LogP contribution in [0.2, 0.25) is 5.02 Å². The summed E-state index contributed by atoms with van der Waals surface area (Å²) in [7, 11) is 6.17. The number of halogens is 1. The number of nitrogens with zero attached hydrogens (tertiary/aromatic N) is 2. The highest BCUT2D eigenvalue weighted by Gasteiger charge is 2.08. The molecule has 1 aromatic carbocycles. The fourth-order valence-electron chi connectivity index (χ4n) is 1.78. The number of benzene rings is 1. The predicted octanol–water partition coefficient (Wildman–Crippen LogP) is 2.93. The molecule has 0 radical (unpaired) electrons. The van der Waals surface area contributed by atoms with Crippen LogP contribution in [0.1, 0.15) is 23.7 Å². The number of hydrogen-bond acceptors (Lipinski definition) is 3. The van der Waals surface area contributed by atoms with E-state index in [4.69, 9.17) is 11.6 Å². The Kier molecular flexibility index (Phi) is 5.63. The van der Waals surface area contributed by atoms with Gasteiger partial charge in [0, 0.05) is 24.8 Å². The molecule has 0 heterocycles. The second-order valence-corrected chi connectivity index (χ2v) is 5.21. The van der Waals surface area contributed by atoms with Gasteiger partial charge in [-0.3, -0.25) is 4.79 Å². The summed E-state index contributed by atoms with van der Waals surface area (Å²) in [5.41, 5.74) is 1.63. The molecular weight excluding hydrogens is 248 g/mol. The minimum atomic E-state index is 0.00168. The van der Waals surface area contributed by atoms with E-state index in [9.17, 15) is 4.79 Å². The Morgan fingerprint density at radius 2 is 1.89 bits per heavy atom. The smallest absolute Gasteiger partial charge is 0.161 e. The van der Waals surface area contributed by atoms with E-state index in [-0.39, 0.29) is 5.78 Å². The van der Waals surface area contributed by atoms with Crippen LogP contribution in [0.4, 0.5) is 5.69 Å². The van der Waals surface area contributed by atoms with Gasteiger partial charge < -0.3 is 9.80 Å². The lowest BCUT2D eigenvalue weighted by Crippen LogP contribution is -2.23. The average molecular weight is 269 g/mol. The number of hydrogen-bond donors (Lipinski definition) is 0. The van der Waals surface area contributed by atoms with Crippen LogP contribution in [0.3, 0.4) is 0 Å². The third-order valence-corrected chi connectivity index (χ3v) is 3.18. The van der Waals surface area contributed by atoms with Gasteiger partial charge in [0.25, 0.3) is 0 Å². The first-order chi connectivity index (χ1) is 8.41. The first-order valence-electron chi connectivity index (χ1n) is 6.08. The molecule has 100 valence electrons. The Balaban J connectivity index is 2.66. The standard InChI is InChI=1S/C14H21ClN2O/c1-11(18)13-7-6-12(10-14(13)15)17(4)9-5-8-16(2)3/h6-7,10H,5,8-9H2,1-4H3. The average Bonchev–Trinajstić information content (AvgIpc) is 2.27. The first-order valence-corrected chi connectivity index (χ1v) is 6.46. The van der Waals surface area contributed by atoms with Gasteiger partial charge in [-0.2, -0.15) is 0 Å². The molecule has 0 aromatic heterocycles. The lowest BCUT2D eigenvalue weighted by Gasteiger charge is -2.21. The summed E-state index contributed by atoms with van der Waals surface area (Å²) < 4.78 is 0. The van der Waals surface area contributed by atoms with Gasteiger partial charge in [0.2, 0.25) is 0 Å². The molecule has 0 unspecified atom stereocenters. The van der Waals surface area contributed by atoms with Crippen molar-refractivity contribution in [1.82, 2.24) is 4.90 Å². The molecule has 4 heteroatoms. The summed E-state index contributed by atoms with van der Waals surface area (Å²) in [6.07, 6.45) is 1.09. The normalized spacial score (nSPS) is 10.8. The maximum Gasteiger partial charge on any atom is 0.161 e. The zero-order valence-corrected chi connectivity index (χ0v) is 12.3. The van der Waals surface area contributed by atoms with Crippen molar-refractivity contribution in [2.75, 3.05) is 39.1 Å². The van der Waals surface area contributed by atoms with Gasteiger partial charge in [0.15, 0.2) is 5.78 Å². The molecule has 0 fully saturated rings. The molecule has 0 aliphatic carbocycles. The molecule has 1 aromatic rings. The van der Waals surface area contributed by atoms with E-state index in [2.05, 4.69) is 23.9 Å². The highest BCUT2D eigenvalue weighted by atomic mass is 35.5. The summed E-state index contributed by atoms with van der Waals surface area (Å²) in [6.45, 7) is 3.55. The van der Waals surface area contributed by atoms with E-state index < -0.39 is 0 Å². The molecule has 0 aliphatic heterocycles. The van der Waals surface area contributed by atoms with E-state index in [1.54, 1.807) is 6.07 Å². The Hall–Kier alpha value is -1.06. The van der Waals surface area contributed by atoms with Gasteiger partial charge in [-0.25, -0.2) is 0 Å². The minimum Gasteiger partial charge on any atom is -0.375 e. The summed E-state index contributed by atoms with van der Waals surface area (Å²) >= 11 is 6.10. The lowest BCUT2D eigenvalue weighted by molar-refractivity contribution is 0.101. The van der Waals surface area contributed by atoms with Crippen molar-refractivity contribution in [2.45, 2.75) is 13.3 Å². The van der Waals surface area contributed by atoms with Crippen LogP contribution < -0.4 is 4.90 Å². The first kappa shape index (κ1) is 15.0. The van der Waals surface area contributed by atoms with E-state index in [1.165, 1.54) is 6.92 Å². The maximum absolute atomic E-state index is 11.3. The third kappa shape index (κ3) is 4.31. The van der Waals surface area contributed by atoms with Crippen molar-refractivity contribution in [3.8, 4) is 0 Å². The minimum absolute atomic E-state index is 0.00168. The van der Waals surface area contributed by atoms with Crippen LogP contribution in [0.15, 0.2) is 18.2 Å². The second-order valence-electron chi connectivity index (χ2n) is 4.80. The number of ketones is 1. The van der Waals surface area contributed by atoms with Gasteiger partial charge in [-0.1, -0.05) is 11.6 Å². The van der Waals surface area contributed by atoms with Crippen LogP contribution in [0.5, 0.6) is 0 Å². The highest BCUT2D eigenvalue weighted by molar-refractivity contribution is 6.34. The molecular formula is C14H21ClN2O. The van der Waals surface area contributed by atoms with Crippen molar-refractivity contribution >= 4 is 23.1 Å². The number of Topliss-reactive ketones (excluding diaryl/α,β-unsaturated/α-hetero) is 1. The van der Waals surface area contributed by atoms with Gasteiger partial charge in [0.1, 0.15) is 0 Å². The fourth-order valence-corrected chi connectivity index (χ4v) is 2.09. The zero-order valence-electron chi connectivity index (χ0n) is 11.5. The van der Waals surface area contributed by atoms with Crippen molar-refractivity contribution < 1.29 is 4.79 Å².